The molecule has 0 amide bonds. The molecule has 0 bridgehead atoms. The second-order valence-electron chi connectivity index (χ2n) is 7.78. The molecule has 0 atom stereocenters. The van der Waals surface area contributed by atoms with Crippen LogP contribution in [-0.4, -0.2) is 22.6 Å². The Balaban J connectivity index is 1.58. The normalized spacial score (nSPS) is 20.0. The van der Waals surface area contributed by atoms with Gasteiger partial charge >= 0.3 is 0 Å². The van der Waals surface area contributed by atoms with Gasteiger partial charge in [0.2, 0.25) is 0 Å². The molecule has 0 spiro atoms. The minimum absolute atomic E-state index is 0.124. The van der Waals surface area contributed by atoms with Crippen molar-refractivity contribution in [3.63, 3.8) is 0 Å². The molecule has 1 saturated carbocycles. The molecule has 1 fully saturated rings. The number of benzene rings is 1. The summed E-state index contributed by atoms with van der Waals surface area (Å²) in [6.07, 6.45) is 6.85. The maximum absolute atomic E-state index is 4.55. The van der Waals surface area contributed by atoms with Crippen LogP contribution in [0.5, 0.6) is 0 Å². The van der Waals surface area contributed by atoms with E-state index >= 15 is 0 Å². The molecule has 1 aromatic heterocycles. The van der Waals surface area contributed by atoms with Crippen molar-refractivity contribution in [1.82, 2.24) is 9.97 Å². The lowest BCUT2D eigenvalue weighted by atomic mass is 9.78. The predicted molar refractivity (Wildman–Crippen MR) is 98.4 cm³/mol. The fraction of sp³-hybridized carbons (Fsp3) is 0.500. The van der Waals surface area contributed by atoms with Crippen molar-refractivity contribution >= 4 is 11.6 Å². The molecule has 1 aromatic carbocycles. The maximum Gasteiger partial charge on any atom is 0.134 e. The summed E-state index contributed by atoms with van der Waals surface area (Å²) in [5.41, 5.74) is 2.98. The van der Waals surface area contributed by atoms with Crippen LogP contribution in [-0.2, 0) is 12.0 Å². The average Bonchev–Trinajstić information content (AvgIpc) is 3.07. The van der Waals surface area contributed by atoms with Gasteiger partial charge < -0.3 is 10.2 Å². The van der Waals surface area contributed by atoms with Gasteiger partial charge in [0.15, 0.2) is 0 Å². The Kier molecular flexibility index (Phi) is 3.91. The van der Waals surface area contributed by atoms with E-state index in [4.69, 9.17) is 0 Å². The lowest BCUT2D eigenvalue weighted by molar-refractivity contribution is 0.474. The summed E-state index contributed by atoms with van der Waals surface area (Å²) in [5, 5.41) is 3.58. The number of nitrogens with one attached hydrogen (secondary N) is 1. The Hall–Kier alpha value is -2.10. The zero-order chi connectivity index (χ0) is 16.6. The molecular formula is C20H26N4. The highest BCUT2D eigenvalue weighted by Crippen LogP contribution is 2.35. The first-order valence-electron chi connectivity index (χ1n) is 9.04. The second-order valence-corrected chi connectivity index (χ2v) is 7.78. The molecule has 1 N–H and O–H groups in total. The van der Waals surface area contributed by atoms with Crippen molar-refractivity contribution in [2.24, 2.45) is 0 Å². The molecule has 24 heavy (non-hydrogen) atoms. The van der Waals surface area contributed by atoms with Crippen molar-refractivity contribution in [2.75, 3.05) is 16.8 Å². The summed E-state index contributed by atoms with van der Waals surface area (Å²) < 4.78 is 0. The van der Waals surface area contributed by atoms with Crippen LogP contribution in [0.2, 0.25) is 0 Å². The van der Waals surface area contributed by atoms with Crippen molar-refractivity contribution in [1.29, 1.82) is 0 Å². The van der Waals surface area contributed by atoms with Gasteiger partial charge in [0.25, 0.3) is 0 Å². The third kappa shape index (κ3) is 2.97. The molecule has 2 aliphatic rings. The lowest BCUT2D eigenvalue weighted by Gasteiger charge is -2.40. The molecule has 4 heteroatoms. The third-order valence-corrected chi connectivity index (χ3v) is 5.38. The van der Waals surface area contributed by atoms with Crippen LogP contribution in [0.3, 0.4) is 0 Å². The van der Waals surface area contributed by atoms with Crippen LogP contribution < -0.4 is 10.2 Å². The number of hydrogen-bond acceptors (Lipinski definition) is 4. The summed E-state index contributed by atoms with van der Waals surface area (Å²) in [4.78, 5) is 11.4. The monoisotopic (exact) mass is 322 g/mol. The van der Waals surface area contributed by atoms with Gasteiger partial charge in [-0.3, -0.25) is 0 Å². The van der Waals surface area contributed by atoms with Crippen LogP contribution in [0.15, 0.2) is 36.7 Å². The number of hydrogen-bond donors (Lipinski definition) is 1. The van der Waals surface area contributed by atoms with Crippen molar-refractivity contribution < 1.29 is 0 Å². The van der Waals surface area contributed by atoms with Gasteiger partial charge in [0.1, 0.15) is 18.0 Å². The summed E-state index contributed by atoms with van der Waals surface area (Å²) in [6, 6.07) is 11.5. The fourth-order valence-corrected chi connectivity index (χ4v) is 4.18. The van der Waals surface area contributed by atoms with E-state index in [9.17, 15) is 0 Å². The van der Waals surface area contributed by atoms with E-state index in [0.717, 1.165) is 24.7 Å². The average molecular weight is 322 g/mol. The van der Waals surface area contributed by atoms with E-state index in [-0.39, 0.29) is 5.41 Å². The van der Waals surface area contributed by atoms with Gasteiger partial charge in [0.05, 0.1) is 0 Å². The van der Waals surface area contributed by atoms with Gasteiger partial charge in [0, 0.05) is 30.6 Å². The van der Waals surface area contributed by atoms with Gasteiger partial charge in [-0.15, -0.1) is 0 Å². The molecular weight excluding hydrogens is 296 g/mol. The van der Waals surface area contributed by atoms with Gasteiger partial charge in [-0.25, -0.2) is 9.97 Å². The van der Waals surface area contributed by atoms with Crippen molar-refractivity contribution in [2.45, 2.75) is 57.5 Å². The lowest BCUT2D eigenvalue weighted by Crippen LogP contribution is -2.42. The Morgan fingerprint density at radius 1 is 1.12 bits per heavy atom. The molecule has 126 valence electrons. The van der Waals surface area contributed by atoms with E-state index in [1.807, 2.05) is 0 Å². The molecule has 4 nitrogen and oxygen atoms in total. The summed E-state index contributed by atoms with van der Waals surface area (Å²) in [5.74, 6) is 1.98. The molecule has 0 unspecified atom stereocenters. The Morgan fingerprint density at radius 3 is 2.75 bits per heavy atom. The zero-order valence-corrected chi connectivity index (χ0v) is 14.6. The Bertz CT molecular complexity index is 719. The van der Waals surface area contributed by atoms with Gasteiger partial charge in [-0.05, 0) is 24.0 Å². The number of nitrogens with zero attached hydrogens (tertiary/aromatic N) is 3. The van der Waals surface area contributed by atoms with Crippen LogP contribution in [0.1, 0.15) is 50.7 Å². The van der Waals surface area contributed by atoms with Crippen LogP contribution in [0.25, 0.3) is 0 Å². The molecule has 4 rings (SSSR count). The predicted octanol–water partition coefficient (Wildman–Crippen LogP) is 4.13. The van der Waals surface area contributed by atoms with E-state index in [1.165, 1.54) is 36.8 Å². The third-order valence-electron chi connectivity index (χ3n) is 5.38. The topological polar surface area (TPSA) is 41.0 Å². The van der Waals surface area contributed by atoms with E-state index in [2.05, 4.69) is 64.4 Å². The highest BCUT2D eigenvalue weighted by molar-refractivity contribution is 5.52. The fourth-order valence-electron chi connectivity index (χ4n) is 4.18. The minimum atomic E-state index is 0.124. The summed E-state index contributed by atoms with van der Waals surface area (Å²) in [6.45, 7) is 6.52. The quantitative estimate of drug-likeness (QED) is 0.922. The Morgan fingerprint density at radius 2 is 1.92 bits per heavy atom. The highest BCUT2D eigenvalue weighted by atomic mass is 15.2. The largest absolute Gasteiger partial charge is 0.367 e. The number of rotatable bonds is 3. The molecule has 2 heterocycles. The SMILES string of the molecule is CC1(C)CN(c2cc(NC3CCCC3)ncn2)Cc2ccccc21. The smallest absolute Gasteiger partial charge is 0.134 e. The van der Waals surface area contributed by atoms with E-state index < -0.39 is 0 Å². The van der Waals surface area contributed by atoms with Crippen LogP contribution in [0.4, 0.5) is 11.6 Å². The molecule has 0 radical (unpaired) electrons. The number of aromatic nitrogens is 2. The molecule has 1 aliphatic carbocycles. The summed E-state index contributed by atoms with van der Waals surface area (Å²) >= 11 is 0. The molecule has 2 aromatic rings. The first-order chi connectivity index (χ1) is 11.6. The molecule has 1 aliphatic heterocycles. The standard InChI is InChI=1S/C20H26N4/c1-20(2)13-24(12-15-7-3-6-10-17(15)20)19-11-18(21-14-22-19)23-16-8-4-5-9-16/h3,6-7,10-11,14,16H,4-5,8-9,12-13H2,1-2H3,(H,21,22,23). The highest BCUT2D eigenvalue weighted by Gasteiger charge is 2.32. The van der Waals surface area contributed by atoms with Gasteiger partial charge in [-0.2, -0.15) is 0 Å². The van der Waals surface area contributed by atoms with Crippen molar-refractivity contribution in [3.8, 4) is 0 Å². The zero-order valence-electron chi connectivity index (χ0n) is 14.6. The number of anilines is 2. The maximum atomic E-state index is 4.55. The molecule has 0 saturated heterocycles. The van der Waals surface area contributed by atoms with E-state index in [0.29, 0.717) is 6.04 Å². The van der Waals surface area contributed by atoms with E-state index in [1.54, 1.807) is 6.33 Å². The second kappa shape index (κ2) is 6.08. The first kappa shape index (κ1) is 15.4. The van der Waals surface area contributed by atoms with Crippen molar-refractivity contribution in [3.05, 3.63) is 47.8 Å². The van der Waals surface area contributed by atoms with Crippen LogP contribution >= 0.6 is 0 Å². The first-order valence-corrected chi connectivity index (χ1v) is 9.04. The number of fused-ring (bicyclic) bond motifs is 1. The van der Waals surface area contributed by atoms with Gasteiger partial charge in [-0.1, -0.05) is 51.0 Å². The van der Waals surface area contributed by atoms with Crippen LogP contribution in [0, 0.1) is 0 Å². The summed E-state index contributed by atoms with van der Waals surface area (Å²) in [7, 11) is 0. The minimum Gasteiger partial charge on any atom is -0.367 e. The Labute approximate surface area is 144 Å².